The number of benzene rings is 2. The zero-order valence-electron chi connectivity index (χ0n) is 14.3. The summed E-state index contributed by atoms with van der Waals surface area (Å²) in [6.07, 6.45) is 1.04. The minimum absolute atomic E-state index is 0. The number of β-amino-alcohol motifs (C(OH)–C–C–N with tert-alkyl or cyclic N) is 1. The zero-order chi connectivity index (χ0) is 17.6. The lowest BCUT2D eigenvalue weighted by molar-refractivity contribution is -0.656. The number of aliphatic hydroxyl groups is 1. The van der Waals surface area contributed by atoms with Crippen molar-refractivity contribution in [1.82, 2.24) is 0 Å². The van der Waals surface area contributed by atoms with Crippen LogP contribution in [0, 0.1) is 6.92 Å². The van der Waals surface area contributed by atoms with E-state index >= 15 is 0 Å². The molecule has 2 aliphatic rings. The number of halogens is 3. The summed E-state index contributed by atoms with van der Waals surface area (Å²) < 4.78 is 2.10. The van der Waals surface area contributed by atoms with Crippen molar-refractivity contribution >= 4 is 45.8 Å². The third kappa shape index (κ3) is 3.40. The van der Waals surface area contributed by atoms with Gasteiger partial charge in [0.1, 0.15) is 5.69 Å². The Morgan fingerprint density at radius 2 is 1.96 bits per heavy atom. The van der Waals surface area contributed by atoms with Crippen molar-refractivity contribution in [3.63, 3.8) is 0 Å². The van der Waals surface area contributed by atoms with E-state index in [1.54, 1.807) is 23.9 Å². The van der Waals surface area contributed by atoms with Crippen molar-refractivity contribution < 1.29 is 26.7 Å². The average molecular weight is 474 g/mol. The van der Waals surface area contributed by atoms with Crippen molar-refractivity contribution in [2.75, 3.05) is 23.7 Å². The van der Waals surface area contributed by atoms with Gasteiger partial charge in [-0.3, -0.25) is 0 Å². The lowest BCUT2D eigenvalue weighted by Crippen LogP contribution is -3.00. The molecule has 0 spiro atoms. The molecule has 7 heteroatoms. The Balaban J connectivity index is 0.00000196. The highest BCUT2D eigenvalue weighted by Crippen LogP contribution is 2.39. The van der Waals surface area contributed by atoms with Crippen molar-refractivity contribution in [3.05, 3.63) is 63.6 Å². The number of anilines is 1. The van der Waals surface area contributed by atoms with E-state index in [0.717, 1.165) is 35.1 Å². The normalized spacial score (nSPS) is 22.2. The van der Waals surface area contributed by atoms with Gasteiger partial charge in [0.15, 0.2) is 6.54 Å². The molecule has 0 bridgehead atoms. The van der Waals surface area contributed by atoms with Gasteiger partial charge in [-0.2, -0.15) is 0 Å². The van der Waals surface area contributed by atoms with E-state index in [-0.39, 0.29) is 17.0 Å². The number of nitrogens with zero attached hydrogens (tertiary/aromatic N) is 2. The smallest absolute Gasteiger partial charge is 0.316 e. The largest absolute Gasteiger partial charge is 1.00 e. The minimum atomic E-state index is -1.11. The number of rotatable bonds is 2. The van der Waals surface area contributed by atoms with Gasteiger partial charge in [0.05, 0.1) is 16.6 Å². The van der Waals surface area contributed by atoms with Crippen LogP contribution in [-0.4, -0.2) is 33.7 Å². The number of thioether (sulfide) groups is 1. The van der Waals surface area contributed by atoms with Crippen LogP contribution in [0.1, 0.15) is 17.5 Å². The van der Waals surface area contributed by atoms with Crippen molar-refractivity contribution in [2.24, 2.45) is 0 Å². The van der Waals surface area contributed by atoms with Crippen molar-refractivity contribution in [2.45, 2.75) is 19.1 Å². The summed E-state index contributed by atoms with van der Waals surface area (Å²) in [4.78, 5) is 2.21. The molecule has 0 saturated heterocycles. The first kappa shape index (κ1) is 20.0. The van der Waals surface area contributed by atoms with Gasteiger partial charge in [-0.15, -0.1) is 0 Å². The maximum atomic E-state index is 11.6. The molecular formula is C19H19BrCl2N2OS. The van der Waals surface area contributed by atoms with E-state index in [1.165, 1.54) is 5.56 Å². The fraction of sp³-hybridized carbons (Fsp3) is 0.316. The Bertz CT molecular complexity index is 876. The van der Waals surface area contributed by atoms with Crippen LogP contribution < -0.4 is 21.9 Å². The van der Waals surface area contributed by atoms with E-state index in [9.17, 15) is 5.11 Å². The standard InChI is InChI=1S/C19H19Cl2N2OS.BrH/c1-13-4-2-5-15(10-13)22-12-19(24,23-8-3-9-25-18(22)23)14-6-7-16(20)17(21)11-14;/h2,4-7,10-11,24H,3,8-9,12H2,1H3;1H/q+1;/p-1. The summed E-state index contributed by atoms with van der Waals surface area (Å²) in [6, 6.07) is 13.8. The highest BCUT2D eigenvalue weighted by Gasteiger charge is 2.53. The second-order valence-corrected chi connectivity index (χ2v) is 8.38. The maximum Gasteiger partial charge on any atom is 0.316 e. The molecule has 1 unspecified atom stereocenters. The lowest BCUT2D eigenvalue weighted by atomic mass is 10.0. The van der Waals surface area contributed by atoms with Gasteiger partial charge in [-0.05, 0) is 54.9 Å². The first-order valence-corrected chi connectivity index (χ1v) is 10.0. The summed E-state index contributed by atoms with van der Waals surface area (Å²) >= 11 is 14.1. The summed E-state index contributed by atoms with van der Waals surface area (Å²) in [6.45, 7) is 3.37. The molecule has 1 atom stereocenters. The maximum absolute atomic E-state index is 11.6. The van der Waals surface area contributed by atoms with Gasteiger partial charge in [0.2, 0.25) is 0 Å². The van der Waals surface area contributed by atoms with Crippen LogP contribution >= 0.6 is 35.0 Å². The highest BCUT2D eigenvalue weighted by atomic mass is 79.9. The molecule has 3 nitrogen and oxygen atoms in total. The van der Waals surface area contributed by atoms with Crippen molar-refractivity contribution in [3.8, 4) is 0 Å². The van der Waals surface area contributed by atoms with Crippen LogP contribution in [0.25, 0.3) is 0 Å². The molecule has 1 N–H and O–H groups in total. The molecule has 26 heavy (non-hydrogen) atoms. The fourth-order valence-electron chi connectivity index (χ4n) is 3.49. The van der Waals surface area contributed by atoms with E-state index in [1.807, 2.05) is 6.07 Å². The van der Waals surface area contributed by atoms with Crippen LogP contribution in [0.5, 0.6) is 0 Å². The first-order chi connectivity index (χ1) is 12.0. The van der Waals surface area contributed by atoms with E-state index in [4.69, 9.17) is 23.2 Å². The summed E-state index contributed by atoms with van der Waals surface area (Å²) in [7, 11) is 0. The van der Waals surface area contributed by atoms with E-state index in [0.29, 0.717) is 16.6 Å². The molecule has 2 aromatic rings. The minimum Gasteiger partial charge on any atom is -1.00 e. The van der Waals surface area contributed by atoms with Crippen LogP contribution in [0.2, 0.25) is 10.0 Å². The Hall–Kier alpha value is -0.720. The predicted octanol–water partition coefficient (Wildman–Crippen LogP) is 1.48. The molecule has 4 rings (SSSR count). The van der Waals surface area contributed by atoms with Crippen LogP contribution in [0.3, 0.4) is 0 Å². The number of hydrogen-bond acceptors (Lipinski definition) is 3. The van der Waals surface area contributed by atoms with Gasteiger partial charge >= 0.3 is 5.17 Å². The Morgan fingerprint density at radius 1 is 1.15 bits per heavy atom. The fourth-order valence-corrected chi connectivity index (χ4v) is 4.97. The molecule has 138 valence electrons. The van der Waals surface area contributed by atoms with Gasteiger partial charge < -0.3 is 22.1 Å². The quantitative estimate of drug-likeness (QED) is 0.669. The first-order valence-electron chi connectivity index (χ1n) is 8.28. The second-order valence-electron chi connectivity index (χ2n) is 6.51. The van der Waals surface area contributed by atoms with Crippen LogP contribution in [0.15, 0.2) is 42.5 Å². The molecule has 0 radical (unpaired) electrons. The van der Waals surface area contributed by atoms with Crippen molar-refractivity contribution in [1.29, 1.82) is 0 Å². The third-order valence-corrected chi connectivity index (χ3v) is 6.67. The summed E-state index contributed by atoms with van der Waals surface area (Å²) in [5, 5.41) is 13.7. The molecule has 0 saturated carbocycles. The summed E-state index contributed by atoms with van der Waals surface area (Å²) in [5.74, 6) is 1.06. The highest BCUT2D eigenvalue weighted by molar-refractivity contribution is 8.13. The van der Waals surface area contributed by atoms with Crippen LogP contribution in [-0.2, 0) is 5.72 Å². The monoisotopic (exact) mass is 472 g/mol. The van der Waals surface area contributed by atoms with Gasteiger partial charge in [0, 0.05) is 11.3 Å². The number of aryl methyl sites for hydroxylation is 1. The molecule has 2 aliphatic heterocycles. The molecular weight excluding hydrogens is 455 g/mol. The zero-order valence-corrected chi connectivity index (χ0v) is 18.2. The topological polar surface area (TPSA) is 26.5 Å². The molecule has 2 heterocycles. The number of amidine groups is 1. The van der Waals surface area contributed by atoms with Gasteiger partial charge in [0.25, 0.3) is 5.72 Å². The predicted molar refractivity (Wildman–Crippen MR) is 106 cm³/mol. The van der Waals surface area contributed by atoms with Gasteiger partial charge in [-0.25, -0.2) is 9.48 Å². The second kappa shape index (κ2) is 7.72. The Kier molecular flexibility index (Phi) is 5.95. The average Bonchev–Trinajstić information content (AvgIpc) is 2.92. The molecule has 0 aliphatic carbocycles. The lowest BCUT2D eigenvalue weighted by Gasteiger charge is -2.24. The molecule has 0 fully saturated rings. The van der Waals surface area contributed by atoms with E-state index in [2.05, 4.69) is 40.7 Å². The third-order valence-electron chi connectivity index (χ3n) is 4.74. The summed E-state index contributed by atoms with van der Waals surface area (Å²) in [5.41, 5.74) is 1.97. The molecule has 0 amide bonds. The van der Waals surface area contributed by atoms with Crippen LogP contribution in [0.4, 0.5) is 5.69 Å². The molecule has 2 aromatic carbocycles. The van der Waals surface area contributed by atoms with Gasteiger partial charge in [-0.1, -0.05) is 41.4 Å². The number of hydrogen-bond donors (Lipinski definition) is 1. The Morgan fingerprint density at radius 3 is 2.69 bits per heavy atom. The Labute approximate surface area is 178 Å². The SMILES string of the molecule is Cc1cccc(N2CC(O)(c3ccc(Cl)c(Cl)c3)[N+]3=C2SCCC3)c1.[Br-]. The molecule has 0 aromatic heterocycles. The van der Waals surface area contributed by atoms with E-state index < -0.39 is 5.72 Å².